The van der Waals surface area contributed by atoms with Crippen molar-refractivity contribution in [3.63, 3.8) is 0 Å². The van der Waals surface area contributed by atoms with Gasteiger partial charge in [0.05, 0.1) is 10.4 Å². The maximum atomic E-state index is 11.5. The summed E-state index contributed by atoms with van der Waals surface area (Å²) in [5, 5.41) is 15.8. The number of piperidine rings is 1. The van der Waals surface area contributed by atoms with Gasteiger partial charge in [0.1, 0.15) is 11.9 Å². The average Bonchev–Trinajstić information content (AvgIpc) is 3.01. The molecule has 114 valence electrons. The minimum Gasteiger partial charge on any atom is -0.365 e. The molecule has 0 bridgehead atoms. The molecular formula is C16H18N4O2. The van der Waals surface area contributed by atoms with Crippen LogP contribution in [-0.4, -0.2) is 36.1 Å². The quantitative estimate of drug-likeness (QED) is 0.679. The summed E-state index contributed by atoms with van der Waals surface area (Å²) in [7, 11) is 0. The molecule has 1 N–H and O–H groups in total. The van der Waals surface area contributed by atoms with Gasteiger partial charge in [-0.05, 0) is 37.4 Å². The van der Waals surface area contributed by atoms with Crippen LogP contribution >= 0.6 is 0 Å². The van der Waals surface area contributed by atoms with Gasteiger partial charge in [0.2, 0.25) is 0 Å². The molecular weight excluding hydrogens is 280 g/mol. The number of nitrogens with zero attached hydrogens (tertiary/aromatic N) is 3. The fraction of sp³-hybridized carbons (Fsp3) is 0.438. The third-order valence-corrected chi connectivity index (χ3v) is 4.95. The van der Waals surface area contributed by atoms with Crippen molar-refractivity contribution in [3.8, 4) is 0 Å². The highest BCUT2D eigenvalue weighted by Gasteiger charge is 2.35. The van der Waals surface area contributed by atoms with Crippen molar-refractivity contribution in [2.24, 2.45) is 11.8 Å². The van der Waals surface area contributed by atoms with E-state index >= 15 is 0 Å². The van der Waals surface area contributed by atoms with E-state index in [0.717, 1.165) is 49.2 Å². The van der Waals surface area contributed by atoms with Gasteiger partial charge in [-0.25, -0.2) is 4.98 Å². The van der Waals surface area contributed by atoms with Crippen molar-refractivity contribution in [2.45, 2.75) is 6.42 Å². The van der Waals surface area contributed by atoms with E-state index in [9.17, 15) is 10.1 Å². The van der Waals surface area contributed by atoms with Crippen LogP contribution in [-0.2, 0) is 0 Å². The van der Waals surface area contributed by atoms with Crippen LogP contribution in [0.25, 0.3) is 10.9 Å². The summed E-state index contributed by atoms with van der Waals surface area (Å²) in [5.74, 6) is 1.30. The fourth-order valence-corrected chi connectivity index (χ4v) is 3.82. The van der Waals surface area contributed by atoms with Crippen LogP contribution in [0.2, 0.25) is 0 Å². The lowest BCUT2D eigenvalue weighted by Gasteiger charge is -2.36. The molecule has 0 spiro atoms. The summed E-state index contributed by atoms with van der Waals surface area (Å²) >= 11 is 0. The van der Waals surface area contributed by atoms with Gasteiger partial charge in [-0.3, -0.25) is 10.1 Å². The van der Waals surface area contributed by atoms with Crippen molar-refractivity contribution in [1.29, 1.82) is 0 Å². The van der Waals surface area contributed by atoms with Gasteiger partial charge in [-0.1, -0.05) is 18.2 Å². The Hall–Kier alpha value is -2.21. The van der Waals surface area contributed by atoms with E-state index in [2.05, 4.69) is 15.2 Å². The molecule has 1 aromatic heterocycles. The van der Waals surface area contributed by atoms with Crippen LogP contribution in [0, 0.1) is 22.0 Å². The van der Waals surface area contributed by atoms with E-state index in [1.807, 2.05) is 24.3 Å². The Morgan fingerprint density at radius 1 is 1.27 bits per heavy atom. The lowest BCUT2D eigenvalue weighted by Crippen LogP contribution is -2.40. The highest BCUT2D eigenvalue weighted by Crippen LogP contribution is 2.38. The molecule has 1 aromatic carbocycles. The number of para-hydroxylation sites is 1. The van der Waals surface area contributed by atoms with Crippen LogP contribution in [0.1, 0.15) is 6.42 Å². The molecule has 2 unspecified atom stereocenters. The van der Waals surface area contributed by atoms with Crippen molar-refractivity contribution >= 4 is 22.3 Å². The van der Waals surface area contributed by atoms with Crippen molar-refractivity contribution in [1.82, 2.24) is 10.3 Å². The van der Waals surface area contributed by atoms with Crippen LogP contribution < -0.4 is 10.2 Å². The standard InChI is InChI=1S/C16H18N4O2/c21-20(22)15-9-18-14-4-2-1-3-13(14)16(15)19-6-5-11-7-17-8-12(11)10-19/h1-4,9,11-12,17H,5-8,10H2. The molecule has 0 radical (unpaired) electrons. The number of nitrogens with one attached hydrogen (secondary N) is 1. The first-order valence-corrected chi connectivity index (χ1v) is 7.72. The second kappa shape index (κ2) is 5.21. The molecule has 6 nitrogen and oxygen atoms in total. The Bertz CT molecular complexity index is 733. The summed E-state index contributed by atoms with van der Waals surface area (Å²) in [6, 6.07) is 7.68. The van der Waals surface area contributed by atoms with E-state index in [0.29, 0.717) is 11.8 Å². The van der Waals surface area contributed by atoms with Gasteiger partial charge < -0.3 is 10.2 Å². The molecule has 0 aliphatic carbocycles. The number of rotatable bonds is 2. The zero-order valence-corrected chi connectivity index (χ0v) is 12.2. The number of pyridine rings is 1. The minimum atomic E-state index is -0.312. The number of hydrogen-bond acceptors (Lipinski definition) is 5. The maximum absolute atomic E-state index is 11.5. The Balaban J connectivity index is 1.82. The number of hydrogen-bond donors (Lipinski definition) is 1. The summed E-state index contributed by atoms with van der Waals surface area (Å²) in [5.41, 5.74) is 1.67. The number of aromatic nitrogens is 1. The largest absolute Gasteiger partial charge is 0.365 e. The molecule has 2 aliphatic rings. The molecule has 0 amide bonds. The Labute approximate surface area is 128 Å². The first-order valence-electron chi connectivity index (χ1n) is 7.72. The first-order chi connectivity index (χ1) is 10.7. The number of nitro groups is 1. The predicted octanol–water partition coefficient (Wildman–Crippen LogP) is 2.19. The SMILES string of the molecule is O=[N+]([O-])c1cnc2ccccc2c1N1CCC2CNCC2C1. The summed E-state index contributed by atoms with van der Waals surface area (Å²) in [6.45, 7) is 3.85. The zero-order chi connectivity index (χ0) is 15.1. The summed E-state index contributed by atoms with van der Waals surface area (Å²) < 4.78 is 0. The van der Waals surface area contributed by atoms with Crippen LogP contribution in [0.3, 0.4) is 0 Å². The molecule has 4 rings (SSSR count). The molecule has 2 aromatic rings. The first kappa shape index (κ1) is 13.5. The second-order valence-electron chi connectivity index (χ2n) is 6.18. The van der Waals surface area contributed by atoms with E-state index in [1.165, 1.54) is 6.20 Å². The van der Waals surface area contributed by atoms with Crippen molar-refractivity contribution in [3.05, 3.63) is 40.6 Å². The van der Waals surface area contributed by atoms with Gasteiger partial charge in [-0.15, -0.1) is 0 Å². The minimum absolute atomic E-state index is 0.114. The molecule has 6 heteroatoms. The molecule has 2 atom stereocenters. The maximum Gasteiger partial charge on any atom is 0.311 e. The highest BCUT2D eigenvalue weighted by molar-refractivity contribution is 5.96. The van der Waals surface area contributed by atoms with Gasteiger partial charge >= 0.3 is 5.69 Å². The summed E-state index contributed by atoms with van der Waals surface area (Å²) in [6.07, 6.45) is 2.49. The van der Waals surface area contributed by atoms with E-state index < -0.39 is 0 Å². The fourth-order valence-electron chi connectivity index (χ4n) is 3.82. The van der Waals surface area contributed by atoms with Gasteiger partial charge in [0, 0.05) is 18.5 Å². The monoisotopic (exact) mass is 298 g/mol. The van der Waals surface area contributed by atoms with E-state index in [-0.39, 0.29) is 10.6 Å². The lowest BCUT2D eigenvalue weighted by molar-refractivity contribution is -0.384. The second-order valence-corrected chi connectivity index (χ2v) is 6.18. The zero-order valence-electron chi connectivity index (χ0n) is 12.2. The molecule has 2 aliphatic heterocycles. The van der Waals surface area contributed by atoms with Gasteiger partial charge in [0.25, 0.3) is 0 Å². The number of benzene rings is 1. The molecule has 0 saturated carbocycles. The van der Waals surface area contributed by atoms with Gasteiger partial charge in [0.15, 0.2) is 0 Å². The predicted molar refractivity (Wildman–Crippen MR) is 85.1 cm³/mol. The Morgan fingerprint density at radius 2 is 2.09 bits per heavy atom. The lowest BCUT2D eigenvalue weighted by atomic mass is 9.88. The van der Waals surface area contributed by atoms with Gasteiger partial charge in [-0.2, -0.15) is 0 Å². The highest BCUT2D eigenvalue weighted by atomic mass is 16.6. The normalized spacial score (nSPS) is 24.5. The average molecular weight is 298 g/mol. The van der Waals surface area contributed by atoms with Crippen molar-refractivity contribution < 1.29 is 4.92 Å². The molecule has 22 heavy (non-hydrogen) atoms. The van der Waals surface area contributed by atoms with E-state index in [4.69, 9.17) is 0 Å². The Morgan fingerprint density at radius 3 is 2.95 bits per heavy atom. The Kier molecular flexibility index (Phi) is 3.18. The third-order valence-electron chi connectivity index (χ3n) is 4.95. The van der Waals surface area contributed by atoms with Crippen LogP contribution in [0.4, 0.5) is 11.4 Å². The topological polar surface area (TPSA) is 71.3 Å². The molecule has 2 fully saturated rings. The molecule has 3 heterocycles. The van der Waals surface area contributed by atoms with Crippen LogP contribution in [0.5, 0.6) is 0 Å². The number of anilines is 1. The van der Waals surface area contributed by atoms with E-state index in [1.54, 1.807) is 0 Å². The molecule has 2 saturated heterocycles. The number of fused-ring (bicyclic) bond motifs is 2. The smallest absolute Gasteiger partial charge is 0.311 e. The van der Waals surface area contributed by atoms with Crippen molar-refractivity contribution in [2.75, 3.05) is 31.1 Å². The third kappa shape index (κ3) is 2.11. The van der Waals surface area contributed by atoms with Crippen LogP contribution in [0.15, 0.2) is 30.5 Å². The summed E-state index contributed by atoms with van der Waals surface area (Å²) in [4.78, 5) is 17.6.